The highest BCUT2D eigenvalue weighted by molar-refractivity contribution is 9.10. The van der Waals surface area contributed by atoms with Crippen LogP contribution in [0.5, 0.6) is 0 Å². The third-order valence-electron chi connectivity index (χ3n) is 3.56. The fourth-order valence-electron chi connectivity index (χ4n) is 2.67. The lowest BCUT2D eigenvalue weighted by molar-refractivity contribution is 0.409. The monoisotopic (exact) mass is 299 g/mol. The molecule has 4 heteroatoms. The summed E-state index contributed by atoms with van der Waals surface area (Å²) in [5, 5.41) is 8.32. The van der Waals surface area contributed by atoms with E-state index in [1.54, 1.807) is 0 Å². The van der Waals surface area contributed by atoms with Crippen molar-refractivity contribution in [2.45, 2.75) is 65.0 Å². The Balaban J connectivity index is 2.35. The molecule has 3 unspecified atom stereocenters. The van der Waals surface area contributed by atoms with E-state index in [1.165, 1.54) is 18.5 Å². The summed E-state index contributed by atoms with van der Waals surface area (Å²) < 4.78 is 3.31. The van der Waals surface area contributed by atoms with Crippen LogP contribution < -0.4 is 5.32 Å². The lowest BCUT2D eigenvalue weighted by Crippen LogP contribution is -2.28. The largest absolute Gasteiger partial charge is 0.367 e. The predicted molar refractivity (Wildman–Crippen MR) is 75.7 cm³/mol. The van der Waals surface area contributed by atoms with Crippen LogP contribution in [0.3, 0.4) is 0 Å². The highest BCUT2D eigenvalue weighted by Crippen LogP contribution is 2.38. The van der Waals surface area contributed by atoms with Gasteiger partial charge in [0.25, 0.3) is 0 Å². The summed E-state index contributed by atoms with van der Waals surface area (Å²) in [6.45, 7) is 8.96. The summed E-state index contributed by atoms with van der Waals surface area (Å²) in [5.74, 6) is 1.69. The van der Waals surface area contributed by atoms with Crippen LogP contribution in [0.25, 0.3) is 0 Å². The van der Waals surface area contributed by atoms with Crippen LogP contribution >= 0.6 is 15.9 Å². The Morgan fingerprint density at radius 2 is 2.24 bits per heavy atom. The molecule has 1 aromatic rings. The molecule has 2 heterocycles. The Kier molecular flexibility index (Phi) is 3.81. The van der Waals surface area contributed by atoms with Gasteiger partial charge in [-0.25, -0.2) is 4.68 Å². The number of halogens is 1. The second kappa shape index (κ2) is 5.01. The van der Waals surface area contributed by atoms with Gasteiger partial charge in [0.1, 0.15) is 5.82 Å². The zero-order valence-corrected chi connectivity index (χ0v) is 12.7. The van der Waals surface area contributed by atoms with Gasteiger partial charge in [-0.05, 0) is 42.6 Å². The van der Waals surface area contributed by atoms with E-state index in [4.69, 9.17) is 5.10 Å². The number of nitrogens with one attached hydrogen (secondary N) is 1. The van der Waals surface area contributed by atoms with E-state index in [-0.39, 0.29) is 0 Å². The van der Waals surface area contributed by atoms with Crippen LogP contribution in [-0.2, 0) is 0 Å². The third kappa shape index (κ3) is 2.37. The molecule has 2 rings (SSSR count). The number of hydrogen-bond donors (Lipinski definition) is 1. The Labute approximate surface area is 112 Å². The standard InChI is InChI=1S/C13H22BrN3/c1-5-6-8(2)12-11(14)13-15-9(3)7-10(4)17(13)16-12/h8-10,15H,5-7H2,1-4H3. The quantitative estimate of drug-likeness (QED) is 0.901. The average molecular weight is 300 g/mol. The van der Waals surface area contributed by atoms with E-state index in [0.29, 0.717) is 18.0 Å². The lowest BCUT2D eigenvalue weighted by Gasteiger charge is -2.28. The van der Waals surface area contributed by atoms with Crippen molar-refractivity contribution in [3.63, 3.8) is 0 Å². The molecule has 0 fully saturated rings. The van der Waals surface area contributed by atoms with Gasteiger partial charge in [-0.1, -0.05) is 20.3 Å². The SMILES string of the molecule is CCCC(C)c1nn2c(c1Br)NC(C)CC2C. The minimum absolute atomic E-state index is 0.486. The van der Waals surface area contributed by atoms with Gasteiger partial charge in [0.05, 0.1) is 16.2 Å². The molecule has 0 bridgehead atoms. The Morgan fingerprint density at radius 3 is 2.88 bits per heavy atom. The second-order valence-corrected chi connectivity index (χ2v) is 6.11. The molecular weight excluding hydrogens is 278 g/mol. The van der Waals surface area contributed by atoms with Gasteiger partial charge in [-0.2, -0.15) is 5.10 Å². The fourth-order valence-corrected chi connectivity index (χ4v) is 3.43. The molecule has 1 aliphatic rings. The first-order valence-electron chi connectivity index (χ1n) is 6.59. The molecule has 0 saturated heterocycles. The number of aromatic nitrogens is 2. The van der Waals surface area contributed by atoms with Crippen molar-refractivity contribution in [3.05, 3.63) is 10.2 Å². The normalized spacial score (nSPS) is 25.2. The van der Waals surface area contributed by atoms with Gasteiger partial charge in [0.15, 0.2) is 0 Å². The van der Waals surface area contributed by atoms with E-state index >= 15 is 0 Å². The molecule has 1 aliphatic heterocycles. The fraction of sp³-hybridized carbons (Fsp3) is 0.769. The summed E-state index contributed by atoms with van der Waals surface area (Å²) in [5.41, 5.74) is 1.20. The molecule has 96 valence electrons. The molecule has 0 aromatic carbocycles. The zero-order valence-electron chi connectivity index (χ0n) is 11.1. The number of anilines is 1. The summed E-state index contributed by atoms with van der Waals surface area (Å²) >= 11 is 3.72. The predicted octanol–water partition coefficient (Wildman–Crippen LogP) is 4.31. The van der Waals surface area contributed by atoms with Gasteiger partial charge < -0.3 is 5.32 Å². The molecule has 1 aromatic heterocycles. The van der Waals surface area contributed by atoms with E-state index < -0.39 is 0 Å². The maximum atomic E-state index is 4.79. The Morgan fingerprint density at radius 1 is 1.53 bits per heavy atom. The van der Waals surface area contributed by atoms with E-state index in [1.807, 2.05) is 0 Å². The van der Waals surface area contributed by atoms with Crippen molar-refractivity contribution < 1.29 is 0 Å². The van der Waals surface area contributed by atoms with Crippen molar-refractivity contribution in [1.29, 1.82) is 0 Å². The Bertz CT molecular complexity index is 400. The molecule has 3 atom stereocenters. The van der Waals surface area contributed by atoms with Gasteiger partial charge in [-0.15, -0.1) is 0 Å². The highest BCUT2D eigenvalue weighted by Gasteiger charge is 2.27. The van der Waals surface area contributed by atoms with Gasteiger partial charge in [0, 0.05) is 12.0 Å². The van der Waals surface area contributed by atoms with Crippen molar-refractivity contribution >= 4 is 21.7 Å². The maximum absolute atomic E-state index is 4.79. The summed E-state index contributed by atoms with van der Waals surface area (Å²) in [6, 6.07) is 1.01. The number of rotatable bonds is 3. The second-order valence-electron chi connectivity index (χ2n) is 5.31. The summed E-state index contributed by atoms with van der Waals surface area (Å²) in [6.07, 6.45) is 3.54. The molecule has 1 N–H and O–H groups in total. The average Bonchev–Trinajstić information content (AvgIpc) is 2.57. The van der Waals surface area contributed by atoms with Crippen LogP contribution in [0.2, 0.25) is 0 Å². The molecule has 0 aliphatic carbocycles. The van der Waals surface area contributed by atoms with Gasteiger partial charge in [0.2, 0.25) is 0 Å². The number of fused-ring (bicyclic) bond motifs is 1. The van der Waals surface area contributed by atoms with Crippen molar-refractivity contribution in [1.82, 2.24) is 9.78 Å². The summed E-state index contributed by atoms with van der Waals surface area (Å²) in [4.78, 5) is 0. The first-order chi connectivity index (χ1) is 8.04. The smallest absolute Gasteiger partial charge is 0.139 e. The van der Waals surface area contributed by atoms with E-state index in [9.17, 15) is 0 Å². The van der Waals surface area contributed by atoms with Crippen molar-refractivity contribution in [2.75, 3.05) is 5.32 Å². The van der Waals surface area contributed by atoms with Crippen LogP contribution in [-0.4, -0.2) is 15.8 Å². The first kappa shape index (κ1) is 12.9. The first-order valence-corrected chi connectivity index (χ1v) is 7.38. The molecule has 0 radical (unpaired) electrons. The molecule has 0 amide bonds. The number of hydrogen-bond acceptors (Lipinski definition) is 2. The minimum Gasteiger partial charge on any atom is -0.367 e. The summed E-state index contributed by atoms with van der Waals surface area (Å²) in [7, 11) is 0. The molecule has 0 saturated carbocycles. The topological polar surface area (TPSA) is 29.9 Å². The molecule has 17 heavy (non-hydrogen) atoms. The van der Waals surface area contributed by atoms with Crippen LogP contribution in [0.15, 0.2) is 4.47 Å². The van der Waals surface area contributed by atoms with Gasteiger partial charge >= 0.3 is 0 Å². The van der Waals surface area contributed by atoms with Crippen molar-refractivity contribution in [3.8, 4) is 0 Å². The van der Waals surface area contributed by atoms with E-state index in [2.05, 4.69) is 53.6 Å². The number of nitrogens with zero attached hydrogens (tertiary/aromatic N) is 2. The van der Waals surface area contributed by atoms with Gasteiger partial charge in [-0.3, -0.25) is 0 Å². The third-order valence-corrected chi connectivity index (χ3v) is 4.34. The van der Waals surface area contributed by atoms with E-state index in [0.717, 1.165) is 16.7 Å². The maximum Gasteiger partial charge on any atom is 0.139 e. The molecule has 0 spiro atoms. The minimum atomic E-state index is 0.486. The van der Waals surface area contributed by atoms with Crippen molar-refractivity contribution in [2.24, 2.45) is 0 Å². The lowest BCUT2D eigenvalue weighted by atomic mass is 10.0. The highest BCUT2D eigenvalue weighted by atomic mass is 79.9. The Hall–Kier alpha value is -0.510. The van der Waals surface area contributed by atoms with Crippen LogP contribution in [0, 0.1) is 0 Å². The van der Waals surface area contributed by atoms with Crippen LogP contribution in [0.4, 0.5) is 5.82 Å². The molecule has 3 nitrogen and oxygen atoms in total. The van der Waals surface area contributed by atoms with Crippen LogP contribution in [0.1, 0.15) is 64.6 Å². The zero-order chi connectivity index (χ0) is 12.6. The molecular formula is C13H22BrN3.